The lowest BCUT2D eigenvalue weighted by molar-refractivity contribution is 0.472. The van der Waals surface area contributed by atoms with Gasteiger partial charge in [0, 0.05) is 11.6 Å². The lowest BCUT2D eigenvalue weighted by Crippen LogP contribution is -2.06. The molecular weight excluding hydrogens is 246 g/mol. The van der Waals surface area contributed by atoms with Gasteiger partial charge >= 0.3 is 0 Å². The van der Waals surface area contributed by atoms with Gasteiger partial charge in [0.15, 0.2) is 0 Å². The van der Waals surface area contributed by atoms with E-state index in [-0.39, 0.29) is 6.04 Å². The van der Waals surface area contributed by atoms with Gasteiger partial charge in [-0.1, -0.05) is 43.7 Å². The minimum Gasteiger partial charge on any atom is -0.457 e. The zero-order valence-electron chi connectivity index (χ0n) is 12.3. The van der Waals surface area contributed by atoms with E-state index in [0.29, 0.717) is 0 Å². The maximum Gasteiger partial charge on any atom is 0.132 e. The fourth-order valence-corrected chi connectivity index (χ4v) is 2.18. The van der Waals surface area contributed by atoms with Crippen LogP contribution in [0.4, 0.5) is 0 Å². The van der Waals surface area contributed by atoms with Crippen LogP contribution in [0.5, 0.6) is 11.5 Å². The quantitative estimate of drug-likeness (QED) is 0.814. The van der Waals surface area contributed by atoms with Gasteiger partial charge in [0.1, 0.15) is 11.5 Å². The molecule has 0 amide bonds. The van der Waals surface area contributed by atoms with Crippen LogP contribution in [0.15, 0.2) is 48.5 Å². The summed E-state index contributed by atoms with van der Waals surface area (Å²) in [5.74, 6) is 1.70. The minimum atomic E-state index is -0.0324. The highest BCUT2D eigenvalue weighted by Crippen LogP contribution is 2.28. The second-order valence-corrected chi connectivity index (χ2v) is 5.18. The van der Waals surface area contributed by atoms with Crippen LogP contribution in [-0.2, 0) is 6.42 Å². The van der Waals surface area contributed by atoms with Crippen molar-refractivity contribution in [1.82, 2.24) is 0 Å². The molecule has 0 radical (unpaired) electrons. The lowest BCUT2D eigenvalue weighted by Gasteiger charge is -2.13. The van der Waals surface area contributed by atoms with Crippen molar-refractivity contribution in [3.8, 4) is 11.5 Å². The molecule has 2 N–H and O–H groups in total. The third-order valence-corrected chi connectivity index (χ3v) is 3.38. The first-order chi connectivity index (χ1) is 9.70. The molecule has 1 atom stereocenters. The molecule has 0 aliphatic rings. The predicted octanol–water partition coefficient (Wildman–Crippen LogP) is 4.84. The molecule has 0 saturated heterocycles. The smallest absolute Gasteiger partial charge is 0.132 e. The molecule has 2 rings (SSSR count). The summed E-state index contributed by atoms with van der Waals surface area (Å²) in [5, 5.41) is 0. The van der Waals surface area contributed by atoms with Crippen LogP contribution in [-0.4, -0.2) is 0 Å². The van der Waals surface area contributed by atoms with E-state index < -0.39 is 0 Å². The zero-order chi connectivity index (χ0) is 14.4. The number of hydrogen-bond acceptors (Lipinski definition) is 2. The third kappa shape index (κ3) is 3.84. The van der Waals surface area contributed by atoms with E-state index in [4.69, 9.17) is 10.5 Å². The largest absolute Gasteiger partial charge is 0.457 e. The molecule has 0 bridgehead atoms. The normalized spacial score (nSPS) is 12.2. The number of nitrogens with two attached hydrogens (primary N) is 1. The van der Waals surface area contributed by atoms with Gasteiger partial charge in [-0.3, -0.25) is 0 Å². The molecule has 2 nitrogen and oxygen atoms in total. The summed E-state index contributed by atoms with van der Waals surface area (Å²) < 4.78 is 5.95. The van der Waals surface area contributed by atoms with Crippen LogP contribution in [0.2, 0.25) is 0 Å². The SMILES string of the molecule is CCCCc1ccc(Oc2ccccc2[C@@H](C)N)cc1. The van der Waals surface area contributed by atoms with E-state index in [1.807, 2.05) is 43.3 Å². The molecule has 0 aliphatic heterocycles. The number of rotatable bonds is 6. The van der Waals surface area contributed by atoms with Crippen molar-refractivity contribution < 1.29 is 4.74 Å². The van der Waals surface area contributed by atoms with Crippen molar-refractivity contribution in [3.63, 3.8) is 0 Å². The lowest BCUT2D eigenvalue weighted by atomic mass is 10.1. The van der Waals surface area contributed by atoms with Crippen molar-refractivity contribution in [2.45, 2.75) is 39.2 Å². The van der Waals surface area contributed by atoms with E-state index in [1.54, 1.807) is 0 Å². The van der Waals surface area contributed by atoms with Gasteiger partial charge in [-0.2, -0.15) is 0 Å². The first-order valence-electron chi connectivity index (χ1n) is 7.32. The molecule has 0 fully saturated rings. The highest BCUT2D eigenvalue weighted by atomic mass is 16.5. The minimum absolute atomic E-state index is 0.0324. The second-order valence-electron chi connectivity index (χ2n) is 5.18. The maximum atomic E-state index is 5.97. The topological polar surface area (TPSA) is 35.2 Å². The van der Waals surface area contributed by atoms with Crippen LogP contribution < -0.4 is 10.5 Å². The Hall–Kier alpha value is -1.80. The molecule has 0 heterocycles. The molecule has 0 aromatic heterocycles. The maximum absolute atomic E-state index is 5.97. The first kappa shape index (κ1) is 14.6. The highest BCUT2D eigenvalue weighted by molar-refractivity contribution is 5.39. The Labute approximate surface area is 121 Å². The predicted molar refractivity (Wildman–Crippen MR) is 84.2 cm³/mol. The number of unbranched alkanes of at least 4 members (excludes halogenated alkanes) is 1. The van der Waals surface area contributed by atoms with Gasteiger partial charge in [-0.05, 0) is 43.5 Å². The Bertz CT molecular complexity index is 531. The van der Waals surface area contributed by atoms with Gasteiger partial charge in [-0.15, -0.1) is 0 Å². The van der Waals surface area contributed by atoms with Crippen LogP contribution >= 0.6 is 0 Å². The van der Waals surface area contributed by atoms with Gasteiger partial charge in [0.2, 0.25) is 0 Å². The van der Waals surface area contributed by atoms with Crippen molar-refractivity contribution in [1.29, 1.82) is 0 Å². The van der Waals surface area contributed by atoms with E-state index in [1.165, 1.54) is 18.4 Å². The van der Waals surface area contributed by atoms with E-state index in [0.717, 1.165) is 23.5 Å². The molecule has 2 aromatic carbocycles. The Balaban J connectivity index is 2.10. The van der Waals surface area contributed by atoms with Crippen LogP contribution in [0.1, 0.15) is 43.9 Å². The molecule has 2 aromatic rings. The summed E-state index contributed by atoms with van der Waals surface area (Å²) in [5.41, 5.74) is 8.36. The Kier molecular flexibility index (Phi) is 5.19. The molecule has 2 heteroatoms. The van der Waals surface area contributed by atoms with Gasteiger partial charge < -0.3 is 10.5 Å². The average Bonchev–Trinajstić information content (AvgIpc) is 2.47. The number of para-hydroxylation sites is 1. The standard InChI is InChI=1S/C18H23NO/c1-3-4-7-15-10-12-16(13-11-15)20-18-9-6-5-8-17(18)14(2)19/h5-6,8-14H,3-4,7,19H2,1-2H3/t14-/m1/s1. The Morgan fingerprint density at radius 1 is 1.05 bits per heavy atom. The van der Waals surface area contributed by atoms with Gasteiger partial charge in [0.05, 0.1) is 0 Å². The van der Waals surface area contributed by atoms with E-state index in [9.17, 15) is 0 Å². The molecule has 0 aliphatic carbocycles. The number of ether oxygens (including phenoxy) is 1. The first-order valence-corrected chi connectivity index (χ1v) is 7.32. The number of benzene rings is 2. The fourth-order valence-electron chi connectivity index (χ4n) is 2.18. The van der Waals surface area contributed by atoms with Crippen LogP contribution in [0.25, 0.3) is 0 Å². The summed E-state index contributed by atoms with van der Waals surface area (Å²) in [4.78, 5) is 0. The van der Waals surface area contributed by atoms with E-state index >= 15 is 0 Å². The van der Waals surface area contributed by atoms with Crippen molar-refractivity contribution in [2.75, 3.05) is 0 Å². The summed E-state index contributed by atoms with van der Waals surface area (Å²) in [6.07, 6.45) is 3.58. The van der Waals surface area contributed by atoms with Crippen LogP contribution in [0, 0.1) is 0 Å². The van der Waals surface area contributed by atoms with E-state index in [2.05, 4.69) is 19.1 Å². The Morgan fingerprint density at radius 3 is 2.40 bits per heavy atom. The van der Waals surface area contributed by atoms with Gasteiger partial charge in [-0.25, -0.2) is 0 Å². The Morgan fingerprint density at radius 2 is 1.75 bits per heavy atom. The summed E-state index contributed by atoms with van der Waals surface area (Å²) in [7, 11) is 0. The summed E-state index contributed by atoms with van der Waals surface area (Å²) in [6, 6.07) is 16.2. The number of hydrogen-bond donors (Lipinski definition) is 1. The molecular formula is C18H23NO. The van der Waals surface area contributed by atoms with Gasteiger partial charge in [0.25, 0.3) is 0 Å². The average molecular weight is 269 g/mol. The fraction of sp³-hybridized carbons (Fsp3) is 0.333. The molecule has 0 unspecified atom stereocenters. The second kappa shape index (κ2) is 7.11. The summed E-state index contributed by atoms with van der Waals surface area (Å²) >= 11 is 0. The number of aryl methyl sites for hydroxylation is 1. The highest BCUT2D eigenvalue weighted by Gasteiger charge is 2.07. The third-order valence-electron chi connectivity index (χ3n) is 3.38. The monoisotopic (exact) mass is 269 g/mol. The van der Waals surface area contributed by atoms with Crippen molar-refractivity contribution in [3.05, 3.63) is 59.7 Å². The summed E-state index contributed by atoms with van der Waals surface area (Å²) in [6.45, 7) is 4.18. The molecule has 0 spiro atoms. The van der Waals surface area contributed by atoms with Crippen molar-refractivity contribution in [2.24, 2.45) is 5.73 Å². The molecule has 0 saturated carbocycles. The molecule has 20 heavy (non-hydrogen) atoms. The zero-order valence-corrected chi connectivity index (χ0v) is 12.3. The van der Waals surface area contributed by atoms with Crippen LogP contribution in [0.3, 0.4) is 0 Å². The van der Waals surface area contributed by atoms with Crippen molar-refractivity contribution >= 4 is 0 Å². The molecule has 106 valence electrons.